The Balaban J connectivity index is 2.05. The zero-order valence-corrected chi connectivity index (χ0v) is 15.2. The molecular formula is C19H18F3N5O. The number of anilines is 1. The first kappa shape index (κ1) is 19.4. The first-order valence-electron chi connectivity index (χ1n) is 8.38. The van der Waals surface area contributed by atoms with Crippen LogP contribution >= 0.6 is 0 Å². The minimum atomic E-state index is -0.716. The summed E-state index contributed by atoms with van der Waals surface area (Å²) in [7, 11) is 0. The predicted molar refractivity (Wildman–Crippen MR) is 98.7 cm³/mol. The largest absolute Gasteiger partial charge is 0.393 e. The monoisotopic (exact) mass is 389 g/mol. The molecule has 0 aliphatic heterocycles. The fraction of sp³-hybridized carbons (Fsp3) is 0.158. The van der Waals surface area contributed by atoms with Gasteiger partial charge in [0.1, 0.15) is 23.1 Å². The molecule has 0 radical (unpaired) electrons. The lowest BCUT2D eigenvalue weighted by Gasteiger charge is -2.26. The smallest absolute Gasteiger partial charge is 0.275 e. The Morgan fingerprint density at radius 3 is 2.46 bits per heavy atom. The van der Waals surface area contributed by atoms with Gasteiger partial charge in [-0.1, -0.05) is 31.1 Å². The van der Waals surface area contributed by atoms with Gasteiger partial charge in [-0.25, -0.2) is 19.0 Å². The molecule has 6 nitrogen and oxygen atoms in total. The van der Waals surface area contributed by atoms with Crippen LogP contribution in [0.25, 0.3) is 17.1 Å². The quantitative estimate of drug-likeness (QED) is 0.509. The molecule has 9 heteroatoms. The van der Waals surface area contributed by atoms with E-state index >= 15 is 0 Å². The second-order valence-electron chi connectivity index (χ2n) is 6.32. The van der Waals surface area contributed by atoms with Crippen LogP contribution in [0.4, 0.5) is 18.9 Å². The molecule has 1 aromatic heterocycles. The van der Waals surface area contributed by atoms with E-state index in [1.165, 1.54) is 18.2 Å². The van der Waals surface area contributed by atoms with Crippen LogP contribution in [0.3, 0.4) is 0 Å². The third kappa shape index (κ3) is 3.70. The second-order valence-corrected chi connectivity index (χ2v) is 6.32. The van der Waals surface area contributed by atoms with Gasteiger partial charge in [0.25, 0.3) is 5.89 Å². The number of allylic oxidation sites excluding steroid dienone is 1. The molecule has 0 amide bonds. The van der Waals surface area contributed by atoms with Gasteiger partial charge in [-0.3, -0.25) is 5.01 Å². The van der Waals surface area contributed by atoms with Crippen LogP contribution in [0, 0.1) is 23.4 Å². The highest BCUT2D eigenvalue weighted by Gasteiger charge is 2.23. The van der Waals surface area contributed by atoms with Gasteiger partial charge in [0.05, 0.1) is 16.9 Å². The molecule has 4 N–H and O–H groups in total. The molecule has 2 aromatic carbocycles. The number of rotatable bonds is 5. The molecule has 0 aliphatic rings. The van der Waals surface area contributed by atoms with E-state index in [0.717, 1.165) is 23.2 Å². The van der Waals surface area contributed by atoms with Crippen LogP contribution < -0.4 is 16.6 Å². The van der Waals surface area contributed by atoms with Crippen molar-refractivity contribution in [1.29, 1.82) is 0 Å². The van der Waals surface area contributed by atoms with Crippen molar-refractivity contribution in [3.05, 3.63) is 71.5 Å². The van der Waals surface area contributed by atoms with Crippen molar-refractivity contribution in [2.45, 2.75) is 13.8 Å². The Hall–Kier alpha value is -3.33. The number of aromatic nitrogens is 2. The van der Waals surface area contributed by atoms with Crippen LogP contribution in [-0.4, -0.2) is 10.1 Å². The van der Waals surface area contributed by atoms with Crippen molar-refractivity contribution in [3.8, 4) is 11.4 Å². The van der Waals surface area contributed by atoms with Gasteiger partial charge in [-0.15, -0.1) is 0 Å². The third-order valence-electron chi connectivity index (χ3n) is 4.02. The van der Waals surface area contributed by atoms with Crippen LogP contribution in [0.1, 0.15) is 19.7 Å². The van der Waals surface area contributed by atoms with E-state index in [-0.39, 0.29) is 34.6 Å². The van der Waals surface area contributed by atoms with E-state index in [4.69, 9.17) is 16.1 Å². The highest BCUT2D eigenvalue weighted by molar-refractivity contribution is 5.68. The molecule has 146 valence electrons. The van der Waals surface area contributed by atoms with E-state index in [0.29, 0.717) is 5.70 Å². The van der Waals surface area contributed by atoms with Gasteiger partial charge in [0.15, 0.2) is 0 Å². The maximum absolute atomic E-state index is 14.1. The number of para-hydroxylation sites is 1. The molecule has 3 rings (SSSR count). The first-order chi connectivity index (χ1) is 13.3. The highest BCUT2D eigenvalue weighted by Crippen LogP contribution is 2.28. The standard InChI is InChI=1S/C19H18F3N5O/c1-10(2)17(27(24)15-6-4-3-5-14(15)22)16(23)19-25-18(26-28-19)12-9-11(20)7-8-13(12)21/h3-10H,23-24H2,1-2H3/b17-16-. The summed E-state index contributed by atoms with van der Waals surface area (Å²) in [6.45, 7) is 3.60. The molecular weight excluding hydrogens is 371 g/mol. The maximum Gasteiger partial charge on any atom is 0.275 e. The Labute approximate surface area is 159 Å². The summed E-state index contributed by atoms with van der Waals surface area (Å²) in [6, 6.07) is 8.80. The summed E-state index contributed by atoms with van der Waals surface area (Å²) >= 11 is 0. The summed E-state index contributed by atoms with van der Waals surface area (Å²) in [5.41, 5.74) is 6.40. The molecule has 3 aromatic rings. The fourth-order valence-corrected chi connectivity index (χ4v) is 2.72. The summed E-state index contributed by atoms with van der Waals surface area (Å²) in [5.74, 6) is 3.63. The predicted octanol–water partition coefficient (Wildman–Crippen LogP) is 3.82. The Kier molecular flexibility index (Phi) is 5.36. The Morgan fingerprint density at radius 2 is 1.79 bits per heavy atom. The van der Waals surface area contributed by atoms with Crippen molar-refractivity contribution in [3.63, 3.8) is 0 Å². The van der Waals surface area contributed by atoms with Crippen LogP contribution in [0.2, 0.25) is 0 Å². The van der Waals surface area contributed by atoms with Gasteiger partial charge in [-0.2, -0.15) is 4.98 Å². The van der Waals surface area contributed by atoms with Gasteiger partial charge >= 0.3 is 0 Å². The normalized spacial score (nSPS) is 12.2. The number of hydrogen-bond donors (Lipinski definition) is 2. The molecule has 0 bridgehead atoms. The van der Waals surface area contributed by atoms with Crippen molar-refractivity contribution >= 4 is 11.4 Å². The van der Waals surface area contributed by atoms with E-state index < -0.39 is 17.5 Å². The SMILES string of the molecule is CC(C)/C(=C(/N)c1nc(-c2cc(F)ccc2F)no1)N(N)c1ccccc1F. The van der Waals surface area contributed by atoms with E-state index in [1.54, 1.807) is 19.9 Å². The lowest BCUT2D eigenvalue weighted by atomic mass is 10.1. The lowest BCUT2D eigenvalue weighted by Crippen LogP contribution is -2.35. The zero-order valence-electron chi connectivity index (χ0n) is 15.2. The molecule has 0 unspecified atom stereocenters. The van der Waals surface area contributed by atoms with Crippen molar-refractivity contribution < 1.29 is 17.7 Å². The number of nitrogens with zero attached hydrogens (tertiary/aromatic N) is 3. The summed E-state index contributed by atoms with van der Waals surface area (Å²) in [6.07, 6.45) is 0. The summed E-state index contributed by atoms with van der Waals surface area (Å²) in [5, 5.41) is 4.76. The van der Waals surface area contributed by atoms with E-state index in [1.807, 2.05) is 0 Å². The van der Waals surface area contributed by atoms with Crippen LogP contribution in [-0.2, 0) is 0 Å². The average Bonchev–Trinajstić information content (AvgIpc) is 3.13. The fourth-order valence-electron chi connectivity index (χ4n) is 2.72. The van der Waals surface area contributed by atoms with Gasteiger partial charge in [0, 0.05) is 0 Å². The minimum absolute atomic E-state index is 0.00341. The zero-order chi connectivity index (χ0) is 20.4. The maximum atomic E-state index is 14.1. The van der Waals surface area contributed by atoms with Crippen LogP contribution in [0.5, 0.6) is 0 Å². The Morgan fingerprint density at radius 1 is 1.07 bits per heavy atom. The first-order valence-corrected chi connectivity index (χ1v) is 8.38. The van der Waals surface area contributed by atoms with Crippen LogP contribution in [0.15, 0.2) is 52.7 Å². The third-order valence-corrected chi connectivity index (χ3v) is 4.02. The molecule has 0 atom stereocenters. The van der Waals surface area contributed by atoms with Crippen molar-refractivity contribution in [1.82, 2.24) is 10.1 Å². The number of hydrogen-bond acceptors (Lipinski definition) is 6. The number of halogens is 3. The van der Waals surface area contributed by atoms with Gasteiger partial charge < -0.3 is 10.3 Å². The summed E-state index contributed by atoms with van der Waals surface area (Å²) in [4.78, 5) is 4.04. The van der Waals surface area contributed by atoms with E-state index in [9.17, 15) is 13.2 Å². The van der Waals surface area contributed by atoms with Gasteiger partial charge in [0.2, 0.25) is 5.82 Å². The molecule has 0 spiro atoms. The average molecular weight is 389 g/mol. The van der Waals surface area contributed by atoms with Crippen molar-refractivity contribution in [2.24, 2.45) is 17.5 Å². The molecule has 0 aliphatic carbocycles. The highest BCUT2D eigenvalue weighted by atomic mass is 19.1. The van der Waals surface area contributed by atoms with Gasteiger partial charge in [-0.05, 0) is 36.2 Å². The molecule has 0 fully saturated rings. The second kappa shape index (κ2) is 7.73. The van der Waals surface area contributed by atoms with Crippen molar-refractivity contribution in [2.75, 3.05) is 5.01 Å². The molecule has 28 heavy (non-hydrogen) atoms. The number of benzene rings is 2. The summed E-state index contributed by atoms with van der Waals surface area (Å²) < 4.78 is 46.6. The molecule has 0 saturated heterocycles. The molecule has 0 saturated carbocycles. The topological polar surface area (TPSA) is 94.2 Å². The minimum Gasteiger partial charge on any atom is -0.393 e. The number of nitrogens with two attached hydrogens (primary N) is 2. The lowest BCUT2D eigenvalue weighted by molar-refractivity contribution is 0.406. The van der Waals surface area contributed by atoms with E-state index in [2.05, 4.69) is 10.1 Å². The molecule has 1 heterocycles. The Bertz CT molecular complexity index is 1030. The number of hydrazine groups is 1.